The average Bonchev–Trinajstić information content (AvgIpc) is 3.28. The minimum absolute atomic E-state index is 0.140. The molecule has 4 rings (SSSR count). The predicted molar refractivity (Wildman–Crippen MR) is 138 cm³/mol. The minimum atomic E-state index is -0.804. The zero-order valence-corrected chi connectivity index (χ0v) is 21.4. The molecule has 0 saturated heterocycles. The summed E-state index contributed by atoms with van der Waals surface area (Å²) >= 11 is 7.40. The topological polar surface area (TPSA) is 79.7 Å². The highest BCUT2D eigenvalue weighted by molar-refractivity contribution is 7.22. The van der Waals surface area contributed by atoms with Crippen molar-refractivity contribution >= 4 is 39.0 Å². The van der Waals surface area contributed by atoms with Crippen LogP contribution >= 0.6 is 22.9 Å². The molecule has 9 heteroatoms. The number of benzene rings is 2. The molecular weight excluding hydrogens is 488 g/mol. The van der Waals surface area contributed by atoms with Crippen LogP contribution in [0.3, 0.4) is 0 Å². The second-order valence-corrected chi connectivity index (χ2v) is 9.96. The molecule has 0 unspecified atom stereocenters. The van der Waals surface area contributed by atoms with Gasteiger partial charge in [0.2, 0.25) is 0 Å². The van der Waals surface area contributed by atoms with Crippen molar-refractivity contribution in [3.63, 3.8) is 0 Å². The first-order chi connectivity index (χ1) is 16.7. The van der Waals surface area contributed by atoms with Crippen LogP contribution < -0.4 is 15.0 Å². The number of halogens is 1. The molecule has 35 heavy (non-hydrogen) atoms. The molecule has 0 amide bonds. The van der Waals surface area contributed by atoms with Gasteiger partial charge in [-0.1, -0.05) is 30.7 Å². The molecule has 0 bridgehead atoms. The fraction of sp³-hybridized carbons (Fsp3) is 0.269. The summed E-state index contributed by atoms with van der Waals surface area (Å²) in [5.74, 6) is 0.601. The van der Waals surface area contributed by atoms with E-state index in [1.54, 1.807) is 45.2 Å². The Kier molecular flexibility index (Phi) is 7.14. The Morgan fingerprint density at radius 3 is 2.54 bits per heavy atom. The van der Waals surface area contributed by atoms with Crippen LogP contribution in [0.2, 0.25) is 5.02 Å². The van der Waals surface area contributed by atoms with E-state index in [2.05, 4.69) is 5.10 Å². The maximum absolute atomic E-state index is 13.3. The van der Waals surface area contributed by atoms with E-state index in [0.29, 0.717) is 33.3 Å². The molecule has 0 spiro atoms. The van der Waals surface area contributed by atoms with Gasteiger partial charge in [-0.15, -0.1) is 11.3 Å². The van der Waals surface area contributed by atoms with Crippen LogP contribution in [0, 0.1) is 0 Å². The zero-order chi connectivity index (χ0) is 25.2. The summed E-state index contributed by atoms with van der Waals surface area (Å²) in [6.07, 6.45) is 1.97. The predicted octanol–water partition coefficient (Wildman–Crippen LogP) is 5.89. The standard InChI is InChI=1S/C26H25ClN2O5S/c1-5-23(30)34-26(2,3)15-33-20-11-10-19(13-21(20)32-4)29-25(31)24-17(14-28-29)12-22(35-24)16-6-8-18(27)9-7-16/h6-14H,5,15H2,1-4H3. The second kappa shape index (κ2) is 10.1. The maximum Gasteiger partial charge on any atom is 0.306 e. The average molecular weight is 513 g/mol. The minimum Gasteiger partial charge on any atom is -0.493 e. The van der Waals surface area contributed by atoms with E-state index >= 15 is 0 Å². The van der Waals surface area contributed by atoms with Crippen molar-refractivity contribution in [2.45, 2.75) is 32.8 Å². The molecule has 0 radical (unpaired) electrons. The van der Waals surface area contributed by atoms with Gasteiger partial charge < -0.3 is 14.2 Å². The van der Waals surface area contributed by atoms with Gasteiger partial charge in [0, 0.05) is 27.8 Å². The lowest BCUT2D eigenvalue weighted by atomic mass is 10.1. The number of esters is 1. The lowest BCUT2D eigenvalue weighted by Gasteiger charge is -2.25. The van der Waals surface area contributed by atoms with Crippen LogP contribution in [-0.2, 0) is 9.53 Å². The fourth-order valence-electron chi connectivity index (χ4n) is 3.45. The van der Waals surface area contributed by atoms with E-state index in [4.69, 9.17) is 25.8 Å². The van der Waals surface area contributed by atoms with Crippen LogP contribution in [-0.4, -0.2) is 35.1 Å². The van der Waals surface area contributed by atoms with E-state index in [0.717, 1.165) is 15.8 Å². The van der Waals surface area contributed by atoms with Crippen LogP contribution in [0.1, 0.15) is 27.2 Å². The number of nitrogens with zero attached hydrogens (tertiary/aromatic N) is 2. The SMILES string of the molecule is CCC(=O)OC(C)(C)COc1ccc(-n2ncc3cc(-c4ccc(Cl)cc4)sc3c2=O)cc1OC. The summed E-state index contributed by atoms with van der Waals surface area (Å²) in [7, 11) is 1.52. The number of carbonyl (C=O) groups excluding carboxylic acids is 1. The zero-order valence-electron chi connectivity index (χ0n) is 19.8. The van der Waals surface area contributed by atoms with Crippen molar-refractivity contribution in [1.82, 2.24) is 9.78 Å². The van der Waals surface area contributed by atoms with Gasteiger partial charge in [-0.25, -0.2) is 0 Å². The van der Waals surface area contributed by atoms with Gasteiger partial charge in [-0.2, -0.15) is 9.78 Å². The normalized spacial score (nSPS) is 11.5. The third-order valence-electron chi connectivity index (χ3n) is 5.23. The Morgan fingerprint density at radius 1 is 1.11 bits per heavy atom. The van der Waals surface area contributed by atoms with Gasteiger partial charge in [0.1, 0.15) is 16.9 Å². The molecule has 4 aromatic rings. The Balaban J connectivity index is 1.62. The smallest absolute Gasteiger partial charge is 0.306 e. The van der Waals surface area contributed by atoms with Gasteiger partial charge in [0.15, 0.2) is 11.5 Å². The lowest BCUT2D eigenvalue weighted by Crippen LogP contribution is -2.34. The van der Waals surface area contributed by atoms with E-state index in [1.807, 2.05) is 30.3 Å². The van der Waals surface area contributed by atoms with E-state index in [1.165, 1.54) is 23.1 Å². The molecule has 0 aliphatic heterocycles. The van der Waals surface area contributed by atoms with E-state index in [-0.39, 0.29) is 18.1 Å². The number of methoxy groups -OCH3 is 1. The molecule has 0 N–H and O–H groups in total. The van der Waals surface area contributed by atoms with Crippen LogP contribution in [0.25, 0.3) is 26.2 Å². The van der Waals surface area contributed by atoms with E-state index in [9.17, 15) is 9.59 Å². The summed E-state index contributed by atoms with van der Waals surface area (Å²) in [6, 6.07) is 14.6. The first-order valence-corrected chi connectivity index (χ1v) is 12.2. The third kappa shape index (κ3) is 5.49. The van der Waals surface area contributed by atoms with Gasteiger partial charge in [-0.3, -0.25) is 9.59 Å². The van der Waals surface area contributed by atoms with Gasteiger partial charge in [0.05, 0.1) is 19.0 Å². The van der Waals surface area contributed by atoms with Crippen molar-refractivity contribution in [2.24, 2.45) is 0 Å². The molecule has 2 aromatic carbocycles. The molecule has 0 aliphatic carbocycles. The van der Waals surface area contributed by atoms with Crippen LogP contribution in [0.15, 0.2) is 59.5 Å². The summed E-state index contributed by atoms with van der Waals surface area (Å²) in [5.41, 5.74) is 0.494. The molecule has 2 aromatic heterocycles. The number of fused-ring (bicyclic) bond motifs is 1. The summed E-state index contributed by atoms with van der Waals surface area (Å²) in [6.45, 7) is 5.43. The van der Waals surface area contributed by atoms with Crippen LogP contribution in [0.5, 0.6) is 11.5 Å². The molecule has 7 nitrogen and oxygen atoms in total. The Hall–Kier alpha value is -3.36. The maximum atomic E-state index is 13.3. The van der Waals surface area contributed by atoms with Gasteiger partial charge in [-0.05, 0) is 49.7 Å². The highest BCUT2D eigenvalue weighted by Crippen LogP contribution is 2.33. The number of ether oxygens (including phenoxy) is 3. The van der Waals surface area contributed by atoms with Crippen molar-refractivity contribution in [3.8, 4) is 27.6 Å². The summed E-state index contributed by atoms with van der Waals surface area (Å²) in [5, 5.41) is 5.80. The second-order valence-electron chi connectivity index (χ2n) is 8.47. The Labute approximate surface area is 211 Å². The van der Waals surface area contributed by atoms with Gasteiger partial charge in [0.25, 0.3) is 5.56 Å². The molecule has 182 valence electrons. The Bertz CT molecular complexity index is 1430. The first-order valence-electron chi connectivity index (χ1n) is 11.0. The molecule has 0 fully saturated rings. The first kappa shape index (κ1) is 24.8. The van der Waals surface area contributed by atoms with Crippen molar-refractivity contribution < 1.29 is 19.0 Å². The lowest BCUT2D eigenvalue weighted by molar-refractivity contribution is -0.158. The van der Waals surface area contributed by atoms with Gasteiger partial charge >= 0.3 is 5.97 Å². The summed E-state index contributed by atoms with van der Waals surface area (Å²) < 4.78 is 18.7. The largest absolute Gasteiger partial charge is 0.493 e. The monoisotopic (exact) mass is 512 g/mol. The fourth-order valence-corrected chi connectivity index (χ4v) is 4.63. The number of hydrogen-bond acceptors (Lipinski definition) is 7. The van der Waals surface area contributed by atoms with Crippen molar-refractivity contribution in [3.05, 3.63) is 70.1 Å². The quantitative estimate of drug-likeness (QED) is 0.274. The highest BCUT2D eigenvalue weighted by atomic mass is 35.5. The molecule has 0 saturated carbocycles. The molecular formula is C26H25ClN2O5S. The van der Waals surface area contributed by atoms with Crippen LogP contribution in [0.4, 0.5) is 0 Å². The summed E-state index contributed by atoms with van der Waals surface area (Å²) in [4.78, 5) is 25.9. The third-order valence-corrected chi connectivity index (χ3v) is 6.67. The number of thiophene rings is 1. The molecule has 0 aliphatic rings. The van der Waals surface area contributed by atoms with Crippen molar-refractivity contribution in [2.75, 3.05) is 13.7 Å². The van der Waals surface area contributed by atoms with E-state index < -0.39 is 5.60 Å². The highest BCUT2D eigenvalue weighted by Gasteiger charge is 2.24. The number of hydrogen-bond donors (Lipinski definition) is 0. The number of rotatable bonds is 8. The Morgan fingerprint density at radius 2 is 1.86 bits per heavy atom. The number of aromatic nitrogens is 2. The molecule has 0 atom stereocenters. The van der Waals surface area contributed by atoms with Crippen molar-refractivity contribution in [1.29, 1.82) is 0 Å². The molecule has 2 heterocycles. The number of carbonyl (C=O) groups is 1.